The Bertz CT molecular complexity index is 969. The van der Waals surface area contributed by atoms with Crippen molar-refractivity contribution in [2.45, 2.75) is 13.0 Å². The maximum absolute atomic E-state index is 13.0. The fraction of sp³-hybridized carbons (Fsp3) is 0.0909. The molecule has 0 aliphatic carbocycles. The van der Waals surface area contributed by atoms with Crippen LogP contribution in [0.2, 0.25) is 5.02 Å². The van der Waals surface area contributed by atoms with Gasteiger partial charge in [-0.25, -0.2) is 4.79 Å². The van der Waals surface area contributed by atoms with Crippen LogP contribution >= 0.6 is 27.5 Å². The fourth-order valence-electron chi connectivity index (χ4n) is 2.56. The number of rotatable bonds is 5. The quantitative estimate of drug-likeness (QED) is 0.349. The smallest absolute Gasteiger partial charge is 0.339 e. The van der Waals surface area contributed by atoms with Gasteiger partial charge in [-0.1, -0.05) is 76.1 Å². The van der Waals surface area contributed by atoms with E-state index in [9.17, 15) is 9.59 Å². The number of ether oxygens (including phenoxy) is 1. The number of carbonyl (C=O) groups excluding carboxylic acids is 2. The standard InChI is InChI=1S/C22H16BrClO3/c1-14-7-8-17(13-19(14)23)22(26)27-21(16-9-11-18(24)12-10-16)20(25)15-5-3-2-4-6-15/h2-13,21H,1H3/t21-/m0/s1. The van der Waals surface area contributed by atoms with Crippen LogP contribution in [0.5, 0.6) is 0 Å². The molecular weight excluding hydrogens is 428 g/mol. The molecule has 3 aromatic carbocycles. The van der Waals surface area contributed by atoms with E-state index in [1.807, 2.05) is 19.1 Å². The van der Waals surface area contributed by atoms with Crippen molar-refractivity contribution >= 4 is 39.3 Å². The van der Waals surface area contributed by atoms with Gasteiger partial charge in [0.2, 0.25) is 5.78 Å². The van der Waals surface area contributed by atoms with E-state index in [-0.39, 0.29) is 5.78 Å². The lowest BCUT2D eigenvalue weighted by Crippen LogP contribution is -2.20. The number of halogens is 2. The zero-order valence-corrected chi connectivity index (χ0v) is 16.8. The number of hydrogen-bond donors (Lipinski definition) is 0. The van der Waals surface area contributed by atoms with Crippen LogP contribution in [0.15, 0.2) is 77.3 Å². The van der Waals surface area contributed by atoms with Gasteiger partial charge in [0.15, 0.2) is 6.10 Å². The highest BCUT2D eigenvalue weighted by atomic mass is 79.9. The summed E-state index contributed by atoms with van der Waals surface area (Å²) in [6.07, 6.45) is -1.06. The van der Waals surface area contributed by atoms with Gasteiger partial charge < -0.3 is 4.74 Å². The van der Waals surface area contributed by atoms with E-state index < -0.39 is 12.1 Å². The molecule has 3 nitrogen and oxygen atoms in total. The first-order valence-electron chi connectivity index (χ1n) is 8.27. The van der Waals surface area contributed by atoms with Crippen molar-refractivity contribution in [1.82, 2.24) is 0 Å². The monoisotopic (exact) mass is 442 g/mol. The highest BCUT2D eigenvalue weighted by molar-refractivity contribution is 9.10. The minimum atomic E-state index is -1.06. The Morgan fingerprint density at radius 2 is 1.59 bits per heavy atom. The summed E-state index contributed by atoms with van der Waals surface area (Å²) in [5.41, 5.74) is 2.40. The molecule has 1 atom stereocenters. The second-order valence-corrected chi connectivity index (χ2v) is 7.32. The molecule has 0 aliphatic rings. The Morgan fingerprint density at radius 3 is 2.22 bits per heavy atom. The van der Waals surface area contributed by atoms with Gasteiger partial charge in [-0.2, -0.15) is 0 Å². The van der Waals surface area contributed by atoms with Crippen molar-refractivity contribution in [3.63, 3.8) is 0 Å². The van der Waals surface area contributed by atoms with E-state index >= 15 is 0 Å². The number of Topliss-reactive ketones (excluding diaryl/α,β-unsaturated/α-hetero) is 1. The molecule has 0 amide bonds. The van der Waals surface area contributed by atoms with Gasteiger partial charge in [0.1, 0.15) is 0 Å². The molecule has 27 heavy (non-hydrogen) atoms. The van der Waals surface area contributed by atoms with E-state index in [0.29, 0.717) is 21.7 Å². The normalized spacial score (nSPS) is 11.7. The number of hydrogen-bond acceptors (Lipinski definition) is 3. The van der Waals surface area contributed by atoms with E-state index in [1.165, 1.54) is 0 Å². The zero-order chi connectivity index (χ0) is 19.4. The summed E-state index contributed by atoms with van der Waals surface area (Å²) in [7, 11) is 0. The molecule has 3 rings (SSSR count). The molecular formula is C22H16BrClO3. The summed E-state index contributed by atoms with van der Waals surface area (Å²) < 4.78 is 6.42. The van der Waals surface area contributed by atoms with Crippen LogP contribution in [0.25, 0.3) is 0 Å². The molecule has 0 heterocycles. The summed E-state index contributed by atoms with van der Waals surface area (Å²) in [4.78, 5) is 25.7. The van der Waals surface area contributed by atoms with Crippen molar-refractivity contribution < 1.29 is 14.3 Å². The maximum Gasteiger partial charge on any atom is 0.339 e. The van der Waals surface area contributed by atoms with Gasteiger partial charge in [0.05, 0.1) is 5.56 Å². The molecule has 0 unspecified atom stereocenters. The Hall–Kier alpha value is -2.43. The first kappa shape index (κ1) is 19.3. The largest absolute Gasteiger partial charge is 0.445 e. The lowest BCUT2D eigenvalue weighted by molar-refractivity contribution is 0.0280. The fourth-order valence-corrected chi connectivity index (χ4v) is 3.06. The number of ketones is 1. The maximum atomic E-state index is 13.0. The van der Waals surface area contributed by atoms with Crippen molar-refractivity contribution in [3.8, 4) is 0 Å². The Morgan fingerprint density at radius 1 is 0.926 bits per heavy atom. The zero-order valence-electron chi connectivity index (χ0n) is 14.5. The van der Waals surface area contributed by atoms with E-state index in [2.05, 4.69) is 15.9 Å². The molecule has 0 N–H and O–H groups in total. The number of esters is 1. The molecule has 0 saturated carbocycles. The summed E-state index contributed by atoms with van der Waals surface area (Å²) in [6.45, 7) is 1.93. The van der Waals surface area contributed by atoms with Crippen LogP contribution in [0.1, 0.15) is 37.9 Å². The molecule has 5 heteroatoms. The van der Waals surface area contributed by atoms with Gasteiger partial charge in [-0.05, 0) is 36.8 Å². The Balaban J connectivity index is 1.94. The van der Waals surface area contributed by atoms with Gasteiger partial charge in [-0.15, -0.1) is 0 Å². The van der Waals surface area contributed by atoms with Gasteiger partial charge >= 0.3 is 5.97 Å². The van der Waals surface area contributed by atoms with Gasteiger partial charge in [0.25, 0.3) is 0 Å². The van der Waals surface area contributed by atoms with Crippen molar-refractivity contribution in [3.05, 3.63) is 105 Å². The Kier molecular flexibility index (Phi) is 6.09. The average Bonchev–Trinajstić information content (AvgIpc) is 2.69. The van der Waals surface area contributed by atoms with Crippen LogP contribution in [-0.4, -0.2) is 11.8 Å². The van der Waals surface area contributed by atoms with Crippen LogP contribution in [0.3, 0.4) is 0 Å². The molecule has 3 aromatic rings. The number of carbonyl (C=O) groups is 2. The van der Waals surface area contributed by atoms with Crippen LogP contribution in [0.4, 0.5) is 0 Å². The third-order valence-electron chi connectivity index (χ3n) is 4.10. The minimum absolute atomic E-state index is 0.294. The molecule has 0 aromatic heterocycles. The lowest BCUT2D eigenvalue weighted by Gasteiger charge is -2.18. The summed E-state index contributed by atoms with van der Waals surface area (Å²) in [5.74, 6) is -0.864. The molecule has 136 valence electrons. The molecule has 0 saturated heterocycles. The first-order chi connectivity index (χ1) is 13.0. The third kappa shape index (κ3) is 4.65. The van der Waals surface area contributed by atoms with Crippen molar-refractivity contribution in [2.24, 2.45) is 0 Å². The highest BCUT2D eigenvalue weighted by Crippen LogP contribution is 2.26. The second-order valence-electron chi connectivity index (χ2n) is 6.03. The molecule has 0 fully saturated rings. The molecule has 0 aliphatic heterocycles. The number of aryl methyl sites for hydroxylation is 1. The van der Waals surface area contributed by atoms with Crippen LogP contribution in [-0.2, 0) is 4.74 Å². The van der Waals surface area contributed by atoms with Gasteiger partial charge in [-0.3, -0.25) is 4.79 Å². The summed E-state index contributed by atoms with van der Waals surface area (Å²) in [6, 6.07) is 20.6. The molecule has 0 spiro atoms. The van der Waals surface area contributed by atoms with Gasteiger partial charge in [0, 0.05) is 20.6 Å². The first-order valence-corrected chi connectivity index (χ1v) is 9.44. The predicted molar refractivity (Wildman–Crippen MR) is 109 cm³/mol. The van der Waals surface area contributed by atoms with E-state index in [0.717, 1.165) is 10.0 Å². The topological polar surface area (TPSA) is 43.4 Å². The SMILES string of the molecule is Cc1ccc(C(=O)O[C@H](C(=O)c2ccccc2)c2ccc(Cl)cc2)cc1Br. The molecule has 0 bridgehead atoms. The van der Waals surface area contributed by atoms with E-state index in [4.69, 9.17) is 16.3 Å². The summed E-state index contributed by atoms with van der Waals surface area (Å²) in [5, 5.41) is 0.540. The predicted octanol–water partition coefficient (Wildman–Crippen LogP) is 6.19. The number of benzene rings is 3. The lowest BCUT2D eigenvalue weighted by atomic mass is 9.99. The summed E-state index contributed by atoms with van der Waals surface area (Å²) >= 11 is 9.36. The average molecular weight is 444 g/mol. The van der Waals surface area contributed by atoms with Crippen molar-refractivity contribution in [2.75, 3.05) is 0 Å². The third-order valence-corrected chi connectivity index (χ3v) is 5.21. The molecule has 0 radical (unpaired) electrons. The Labute approximate surface area is 171 Å². The van der Waals surface area contributed by atoms with E-state index in [1.54, 1.807) is 60.7 Å². The van der Waals surface area contributed by atoms with Crippen LogP contribution < -0.4 is 0 Å². The second kappa shape index (κ2) is 8.51. The highest BCUT2D eigenvalue weighted by Gasteiger charge is 2.27. The van der Waals surface area contributed by atoms with Crippen LogP contribution in [0, 0.1) is 6.92 Å². The van der Waals surface area contributed by atoms with Crippen molar-refractivity contribution in [1.29, 1.82) is 0 Å². The minimum Gasteiger partial charge on any atom is -0.445 e.